The van der Waals surface area contributed by atoms with Crippen LogP contribution in [0.15, 0.2) is 54.9 Å². The van der Waals surface area contributed by atoms with Crippen molar-refractivity contribution in [2.75, 3.05) is 19.7 Å². The minimum Gasteiger partial charge on any atom is -0.394 e. The first-order valence-corrected chi connectivity index (χ1v) is 9.29. The Balaban J connectivity index is 1.69. The minimum absolute atomic E-state index is 0.00962. The lowest BCUT2D eigenvalue weighted by Gasteiger charge is -2.70. The van der Waals surface area contributed by atoms with E-state index in [0.717, 1.165) is 5.56 Å². The number of carbonyl (C=O) groups is 2. The average Bonchev–Trinajstić information content (AvgIpc) is 2.67. The molecule has 27 heavy (non-hydrogen) atoms. The summed E-state index contributed by atoms with van der Waals surface area (Å²) in [6.45, 7) is 2.75. The third-order valence-electron chi connectivity index (χ3n) is 5.85. The van der Waals surface area contributed by atoms with Gasteiger partial charge in [-0.15, -0.1) is 0 Å². The van der Waals surface area contributed by atoms with E-state index in [9.17, 15) is 14.7 Å². The van der Waals surface area contributed by atoms with Crippen LogP contribution in [0.4, 0.5) is 0 Å². The number of nitrogens with zero attached hydrogens (tertiary/aromatic N) is 3. The quantitative estimate of drug-likeness (QED) is 0.895. The molecule has 2 aliphatic heterocycles. The van der Waals surface area contributed by atoms with E-state index in [1.54, 1.807) is 34.3 Å². The van der Waals surface area contributed by atoms with Crippen molar-refractivity contribution < 1.29 is 14.7 Å². The maximum absolute atomic E-state index is 13.2. The molecule has 0 saturated carbocycles. The lowest BCUT2D eigenvalue weighted by atomic mass is 9.60. The van der Waals surface area contributed by atoms with Crippen LogP contribution in [0.3, 0.4) is 0 Å². The van der Waals surface area contributed by atoms with Crippen LogP contribution in [-0.4, -0.2) is 63.0 Å². The molecular formula is C21H23N3O3. The van der Waals surface area contributed by atoms with Crippen LogP contribution in [0.1, 0.15) is 35.2 Å². The van der Waals surface area contributed by atoms with Gasteiger partial charge < -0.3 is 14.9 Å². The second-order valence-electron chi connectivity index (χ2n) is 7.26. The van der Waals surface area contributed by atoms with Gasteiger partial charge in [-0.05, 0) is 17.7 Å². The number of amides is 2. The fraction of sp³-hybridized carbons (Fsp3) is 0.381. The molecule has 1 N–H and O–H groups in total. The van der Waals surface area contributed by atoms with E-state index in [1.165, 1.54) is 0 Å². The molecular weight excluding hydrogens is 342 g/mol. The molecule has 2 saturated heterocycles. The molecule has 1 aromatic carbocycles. The van der Waals surface area contributed by atoms with E-state index < -0.39 is 5.54 Å². The zero-order valence-electron chi connectivity index (χ0n) is 15.3. The van der Waals surface area contributed by atoms with Crippen molar-refractivity contribution in [1.29, 1.82) is 0 Å². The number of pyridine rings is 1. The largest absolute Gasteiger partial charge is 0.394 e. The molecule has 1 aromatic heterocycles. The zero-order chi connectivity index (χ0) is 19.0. The second kappa shape index (κ2) is 6.78. The number of aliphatic hydroxyl groups is 1. The Morgan fingerprint density at radius 1 is 1.15 bits per heavy atom. The predicted octanol–water partition coefficient (Wildman–Crippen LogP) is 1.67. The number of rotatable bonds is 4. The topological polar surface area (TPSA) is 73.7 Å². The molecule has 140 valence electrons. The monoisotopic (exact) mass is 365 g/mol. The van der Waals surface area contributed by atoms with Crippen molar-refractivity contribution in [3.8, 4) is 0 Å². The first-order chi connectivity index (χ1) is 13.1. The van der Waals surface area contributed by atoms with E-state index in [4.69, 9.17) is 0 Å². The molecule has 0 unspecified atom stereocenters. The number of hydrogen-bond acceptors (Lipinski definition) is 4. The number of carbonyl (C=O) groups excluding carboxylic acids is 2. The summed E-state index contributed by atoms with van der Waals surface area (Å²) in [6.07, 6.45) is 3.64. The van der Waals surface area contributed by atoms with Crippen molar-refractivity contribution in [3.05, 3.63) is 66.0 Å². The molecule has 0 radical (unpaired) electrons. The van der Waals surface area contributed by atoms with Gasteiger partial charge in [-0.25, -0.2) is 0 Å². The van der Waals surface area contributed by atoms with Gasteiger partial charge in [0.1, 0.15) is 0 Å². The molecule has 2 amide bonds. The molecule has 4 rings (SSSR count). The summed E-state index contributed by atoms with van der Waals surface area (Å²) in [5.41, 5.74) is 1.19. The van der Waals surface area contributed by atoms with Gasteiger partial charge in [0.25, 0.3) is 5.91 Å². The van der Waals surface area contributed by atoms with Gasteiger partial charge >= 0.3 is 0 Å². The maximum Gasteiger partial charge on any atom is 0.254 e. The molecule has 0 bridgehead atoms. The van der Waals surface area contributed by atoms with E-state index in [2.05, 4.69) is 4.98 Å². The number of aliphatic hydroxyl groups excluding tert-OH is 1. The number of hydrogen-bond donors (Lipinski definition) is 1. The molecule has 6 heteroatoms. The van der Waals surface area contributed by atoms with Gasteiger partial charge in [0.05, 0.1) is 18.2 Å². The van der Waals surface area contributed by atoms with Gasteiger partial charge in [-0.2, -0.15) is 0 Å². The van der Waals surface area contributed by atoms with E-state index in [-0.39, 0.29) is 30.4 Å². The average molecular weight is 365 g/mol. The summed E-state index contributed by atoms with van der Waals surface area (Å²) < 4.78 is 0. The van der Waals surface area contributed by atoms with Crippen molar-refractivity contribution in [1.82, 2.24) is 14.8 Å². The van der Waals surface area contributed by atoms with Crippen molar-refractivity contribution in [3.63, 3.8) is 0 Å². The highest BCUT2D eigenvalue weighted by molar-refractivity contribution is 5.96. The molecule has 2 atom stereocenters. The van der Waals surface area contributed by atoms with Crippen LogP contribution in [0.2, 0.25) is 0 Å². The van der Waals surface area contributed by atoms with Crippen LogP contribution in [-0.2, 0) is 4.79 Å². The number of aromatic nitrogens is 1. The maximum atomic E-state index is 13.2. The summed E-state index contributed by atoms with van der Waals surface area (Å²) in [4.78, 5) is 32.9. The fourth-order valence-electron chi connectivity index (χ4n) is 4.64. The van der Waals surface area contributed by atoms with Crippen molar-refractivity contribution in [2.24, 2.45) is 0 Å². The Hall–Kier alpha value is -2.73. The SMILES string of the molecule is CCC(=O)N1CC2(C1)[C@H](c1ccccc1)[C@@H](CO)N2C(=O)c1ccncc1. The van der Waals surface area contributed by atoms with E-state index >= 15 is 0 Å². The fourth-order valence-corrected chi connectivity index (χ4v) is 4.64. The minimum atomic E-state index is -0.458. The molecule has 6 nitrogen and oxygen atoms in total. The third-order valence-corrected chi connectivity index (χ3v) is 5.85. The van der Waals surface area contributed by atoms with Gasteiger partial charge in [0, 0.05) is 43.4 Å². The summed E-state index contributed by atoms with van der Waals surface area (Å²) in [6, 6.07) is 13.0. The third kappa shape index (κ3) is 2.63. The number of benzene rings is 1. The molecule has 0 aliphatic carbocycles. The Morgan fingerprint density at radius 2 is 1.81 bits per heavy atom. The lowest BCUT2D eigenvalue weighted by molar-refractivity contribution is -0.178. The lowest BCUT2D eigenvalue weighted by Crippen LogP contribution is -2.85. The molecule has 2 aromatic rings. The Labute approximate surface area is 158 Å². The highest BCUT2D eigenvalue weighted by Crippen LogP contribution is 2.54. The van der Waals surface area contributed by atoms with Crippen molar-refractivity contribution >= 4 is 11.8 Å². The zero-order valence-corrected chi connectivity index (χ0v) is 15.3. The Bertz CT molecular complexity index is 834. The second-order valence-corrected chi connectivity index (χ2v) is 7.26. The molecule has 2 aliphatic rings. The molecule has 1 spiro atoms. The summed E-state index contributed by atoms with van der Waals surface area (Å²) in [7, 11) is 0. The summed E-state index contributed by atoms with van der Waals surface area (Å²) in [5, 5.41) is 10.1. The highest BCUT2D eigenvalue weighted by atomic mass is 16.3. The van der Waals surface area contributed by atoms with E-state index in [0.29, 0.717) is 25.1 Å². The van der Waals surface area contributed by atoms with Crippen LogP contribution in [0.5, 0.6) is 0 Å². The smallest absolute Gasteiger partial charge is 0.254 e. The van der Waals surface area contributed by atoms with Crippen LogP contribution in [0.25, 0.3) is 0 Å². The first-order valence-electron chi connectivity index (χ1n) is 9.29. The molecule has 2 fully saturated rings. The van der Waals surface area contributed by atoms with Gasteiger partial charge in [0.15, 0.2) is 0 Å². The van der Waals surface area contributed by atoms with Gasteiger partial charge in [-0.1, -0.05) is 37.3 Å². The Kier molecular flexibility index (Phi) is 4.44. The first kappa shape index (κ1) is 17.7. The van der Waals surface area contributed by atoms with Crippen LogP contribution >= 0.6 is 0 Å². The predicted molar refractivity (Wildman–Crippen MR) is 100 cm³/mol. The summed E-state index contributed by atoms with van der Waals surface area (Å²) >= 11 is 0. The van der Waals surface area contributed by atoms with Crippen molar-refractivity contribution in [2.45, 2.75) is 30.8 Å². The van der Waals surface area contributed by atoms with Gasteiger partial charge in [0.2, 0.25) is 5.91 Å². The molecule has 3 heterocycles. The Morgan fingerprint density at radius 3 is 2.41 bits per heavy atom. The van der Waals surface area contributed by atoms with Crippen LogP contribution in [0, 0.1) is 0 Å². The normalized spacial score (nSPS) is 22.9. The van der Waals surface area contributed by atoms with Gasteiger partial charge in [-0.3, -0.25) is 14.6 Å². The standard InChI is InChI=1S/C21H23N3O3/c1-2-18(26)23-13-21(14-23)19(15-6-4-3-5-7-15)17(12-25)24(21)20(27)16-8-10-22-11-9-16/h3-11,17,19,25H,2,12-14H2,1H3/t17-,19-/m1/s1. The highest BCUT2D eigenvalue weighted by Gasteiger charge is 2.67. The van der Waals surface area contributed by atoms with E-state index in [1.807, 2.05) is 37.3 Å². The number of likely N-dealkylation sites (tertiary alicyclic amines) is 2. The summed E-state index contributed by atoms with van der Waals surface area (Å²) in [5.74, 6) is -0.0150. The van der Waals surface area contributed by atoms with Crippen LogP contribution < -0.4 is 0 Å².